The summed E-state index contributed by atoms with van der Waals surface area (Å²) in [5, 5.41) is 3.28. The van der Waals surface area contributed by atoms with Crippen molar-refractivity contribution in [2.24, 2.45) is 5.92 Å². The standard InChI is InChI=1S/C12H21N3/c1-10(2)5-3-4-8-14-12-7-6-11(13)9-15-12/h6-7,9-10H,3-5,8,13H2,1-2H3,(H,14,15). The largest absolute Gasteiger partial charge is 0.397 e. The van der Waals surface area contributed by atoms with Gasteiger partial charge in [0.25, 0.3) is 0 Å². The predicted molar refractivity (Wildman–Crippen MR) is 65.8 cm³/mol. The fourth-order valence-electron chi connectivity index (χ4n) is 1.40. The number of pyridine rings is 1. The van der Waals surface area contributed by atoms with Gasteiger partial charge in [-0.25, -0.2) is 4.98 Å². The average molecular weight is 207 g/mol. The van der Waals surface area contributed by atoms with E-state index in [-0.39, 0.29) is 0 Å². The van der Waals surface area contributed by atoms with Gasteiger partial charge in [0.05, 0.1) is 11.9 Å². The maximum atomic E-state index is 5.55. The molecule has 0 aliphatic rings. The molecular weight excluding hydrogens is 186 g/mol. The minimum atomic E-state index is 0.709. The molecule has 15 heavy (non-hydrogen) atoms. The van der Waals surface area contributed by atoms with Gasteiger partial charge in [-0.15, -0.1) is 0 Å². The third-order valence-electron chi connectivity index (χ3n) is 2.30. The van der Waals surface area contributed by atoms with Crippen molar-refractivity contribution in [3.05, 3.63) is 18.3 Å². The normalized spacial score (nSPS) is 10.6. The Morgan fingerprint density at radius 1 is 1.33 bits per heavy atom. The fourth-order valence-corrected chi connectivity index (χ4v) is 1.40. The predicted octanol–water partition coefficient (Wildman–Crippen LogP) is 2.90. The van der Waals surface area contributed by atoms with Crippen LogP contribution in [0, 0.1) is 5.92 Å². The molecule has 0 saturated heterocycles. The summed E-state index contributed by atoms with van der Waals surface area (Å²) < 4.78 is 0. The Labute approximate surface area is 92.1 Å². The van der Waals surface area contributed by atoms with Gasteiger partial charge in [-0.3, -0.25) is 0 Å². The van der Waals surface area contributed by atoms with E-state index in [1.54, 1.807) is 6.20 Å². The van der Waals surface area contributed by atoms with Gasteiger partial charge in [0, 0.05) is 6.54 Å². The second kappa shape index (κ2) is 6.27. The van der Waals surface area contributed by atoms with E-state index in [9.17, 15) is 0 Å². The molecule has 0 aromatic carbocycles. The van der Waals surface area contributed by atoms with Crippen LogP contribution in [0.3, 0.4) is 0 Å². The number of nitrogen functional groups attached to an aromatic ring is 1. The first-order valence-corrected chi connectivity index (χ1v) is 5.64. The highest BCUT2D eigenvalue weighted by molar-refractivity contribution is 5.43. The highest BCUT2D eigenvalue weighted by atomic mass is 15.0. The van der Waals surface area contributed by atoms with Crippen LogP contribution < -0.4 is 11.1 Å². The van der Waals surface area contributed by atoms with Crippen molar-refractivity contribution in [2.45, 2.75) is 33.1 Å². The van der Waals surface area contributed by atoms with E-state index in [1.807, 2.05) is 12.1 Å². The van der Waals surface area contributed by atoms with E-state index in [1.165, 1.54) is 19.3 Å². The lowest BCUT2D eigenvalue weighted by molar-refractivity contribution is 0.544. The highest BCUT2D eigenvalue weighted by Gasteiger charge is 1.95. The van der Waals surface area contributed by atoms with Gasteiger partial charge in [-0.2, -0.15) is 0 Å². The number of nitrogens with zero attached hydrogens (tertiary/aromatic N) is 1. The molecule has 0 spiro atoms. The van der Waals surface area contributed by atoms with E-state index in [4.69, 9.17) is 5.73 Å². The second-order valence-electron chi connectivity index (χ2n) is 4.29. The Morgan fingerprint density at radius 2 is 2.13 bits per heavy atom. The first kappa shape index (κ1) is 11.8. The van der Waals surface area contributed by atoms with Crippen LogP contribution >= 0.6 is 0 Å². The van der Waals surface area contributed by atoms with Gasteiger partial charge < -0.3 is 11.1 Å². The summed E-state index contributed by atoms with van der Waals surface area (Å²) in [4.78, 5) is 4.17. The average Bonchev–Trinajstić information content (AvgIpc) is 2.20. The molecular formula is C12H21N3. The highest BCUT2D eigenvalue weighted by Crippen LogP contribution is 2.08. The van der Waals surface area contributed by atoms with E-state index in [2.05, 4.69) is 24.1 Å². The lowest BCUT2D eigenvalue weighted by Gasteiger charge is -2.06. The van der Waals surface area contributed by atoms with E-state index < -0.39 is 0 Å². The molecule has 1 aromatic heterocycles. The number of nitrogens with one attached hydrogen (secondary N) is 1. The number of unbranched alkanes of at least 4 members (excludes halogenated alkanes) is 1. The molecule has 0 atom stereocenters. The maximum Gasteiger partial charge on any atom is 0.126 e. The summed E-state index contributed by atoms with van der Waals surface area (Å²) in [6.45, 7) is 5.51. The number of rotatable bonds is 6. The van der Waals surface area contributed by atoms with Crippen LogP contribution in [0.5, 0.6) is 0 Å². The van der Waals surface area contributed by atoms with Crippen LogP contribution in [0.1, 0.15) is 33.1 Å². The molecule has 3 nitrogen and oxygen atoms in total. The Hall–Kier alpha value is -1.25. The Balaban J connectivity index is 2.12. The smallest absolute Gasteiger partial charge is 0.126 e. The molecule has 84 valence electrons. The van der Waals surface area contributed by atoms with Crippen LogP contribution in [0.4, 0.5) is 11.5 Å². The summed E-state index contributed by atoms with van der Waals surface area (Å²) in [5.74, 6) is 1.72. The molecule has 0 bridgehead atoms. The first-order valence-electron chi connectivity index (χ1n) is 5.64. The van der Waals surface area contributed by atoms with Crippen molar-refractivity contribution in [2.75, 3.05) is 17.6 Å². The number of nitrogens with two attached hydrogens (primary N) is 1. The van der Waals surface area contributed by atoms with Crippen molar-refractivity contribution in [3.63, 3.8) is 0 Å². The van der Waals surface area contributed by atoms with Crippen molar-refractivity contribution in [3.8, 4) is 0 Å². The van der Waals surface area contributed by atoms with Crippen LogP contribution in [0.15, 0.2) is 18.3 Å². The molecule has 0 radical (unpaired) electrons. The molecule has 0 unspecified atom stereocenters. The zero-order chi connectivity index (χ0) is 11.1. The van der Waals surface area contributed by atoms with Gasteiger partial charge in [0.1, 0.15) is 5.82 Å². The van der Waals surface area contributed by atoms with E-state index in [0.717, 1.165) is 18.3 Å². The zero-order valence-corrected chi connectivity index (χ0v) is 9.66. The quantitative estimate of drug-likeness (QED) is 0.705. The molecule has 3 heteroatoms. The monoisotopic (exact) mass is 207 g/mol. The fraction of sp³-hybridized carbons (Fsp3) is 0.583. The first-order chi connectivity index (χ1) is 7.18. The van der Waals surface area contributed by atoms with Crippen LogP contribution in [-0.2, 0) is 0 Å². The second-order valence-corrected chi connectivity index (χ2v) is 4.29. The summed E-state index contributed by atoms with van der Waals surface area (Å²) in [6, 6.07) is 3.78. The molecule has 0 aliphatic heterocycles. The molecule has 0 amide bonds. The van der Waals surface area contributed by atoms with Crippen molar-refractivity contribution >= 4 is 11.5 Å². The van der Waals surface area contributed by atoms with Crippen LogP contribution in [0.25, 0.3) is 0 Å². The van der Waals surface area contributed by atoms with Crippen molar-refractivity contribution < 1.29 is 0 Å². The molecule has 0 fully saturated rings. The van der Waals surface area contributed by atoms with Gasteiger partial charge in [-0.05, 0) is 24.5 Å². The maximum absolute atomic E-state index is 5.55. The van der Waals surface area contributed by atoms with Gasteiger partial charge in [0.15, 0.2) is 0 Å². The van der Waals surface area contributed by atoms with E-state index >= 15 is 0 Å². The molecule has 1 rings (SSSR count). The summed E-state index contributed by atoms with van der Waals surface area (Å²) in [5.41, 5.74) is 6.25. The Kier molecular flexibility index (Phi) is 4.95. The van der Waals surface area contributed by atoms with Gasteiger partial charge in [-0.1, -0.05) is 26.7 Å². The summed E-state index contributed by atoms with van der Waals surface area (Å²) in [7, 11) is 0. The number of anilines is 2. The minimum Gasteiger partial charge on any atom is -0.397 e. The van der Waals surface area contributed by atoms with Gasteiger partial charge >= 0.3 is 0 Å². The Morgan fingerprint density at radius 3 is 2.73 bits per heavy atom. The number of hydrogen-bond donors (Lipinski definition) is 2. The Bertz CT molecular complexity index is 267. The zero-order valence-electron chi connectivity index (χ0n) is 9.66. The summed E-state index contributed by atoms with van der Waals surface area (Å²) in [6.07, 6.45) is 5.46. The van der Waals surface area contributed by atoms with Crippen molar-refractivity contribution in [1.82, 2.24) is 4.98 Å². The summed E-state index contributed by atoms with van der Waals surface area (Å²) >= 11 is 0. The van der Waals surface area contributed by atoms with Crippen LogP contribution in [-0.4, -0.2) is 11.5 Å². The molecule has 0 aliphatic carbocycles. The van der Waals surface area contributed by atoms with E-state index in [0.29, 0.717) is 5.69 Å². The molecule has 1 heterocycles. The third-order valence-corrected chi connectivity index (χ3v) is 2.30. The SMILES string of the molecule is CC(C)CCCCNc1ccc(N)cn1. The van der Waals surface area contributed by atoms with Crippen molar-refractivity contribution in [1.29, 1.82) is 0 Å². The number of hydrogen-bond acceptors (Lipinski definition) is 3. The minimum absolute atomic E-state index is 0.709. The lowest BCUT2D eigenvalue weighted by atomic mass is 10.1. The molecule has 3 N–H and O–H groups in total. The van der Waals surface area contributed by atoms with Gasteiger partial charge in [0.2, 0.25) is 0 Å². The lowest BCUT2D eigenvalue weighted by Crippen LogP contribution is -2.03. The topological polar surface area (TPSA) is 50.9 Å². The molecule has 1 aromatic rings. The molecule has 0 saturated carbocycles. The number of aromatic nitrogens is 1. The van der Waals surface area contributed by atoms with Crippen LogP contribution in [0.2, 0.25) is 0 Å². The third kappa shape index (κ3) is 5.25.